The molecule has 0 spiro atoms. The summed E-state index contributed by atoms with van der Waals surface area (Å²) in [5.41, 5.74) is 0.245. The van der Waals surface area contributed by atoms with Gasteiger partial charge in [-0.15, -0.1) is 0 Å². The lowest BCUT2D eigenvalue weighted by Gasteiger charge is -2.13. The Labute approximate surface area is 149 Å². The molecule has 0 unspecified atom stereocenters. The quantitative estimate of drug-likeness (QED) is 0.656. The molecular formula is C14H19BrN4O4S. The number of halogens is 1. The van der Waals surface area contributed by atoms with Gasteiger partial charge in [0.1, 0.15) is 10.6 Å². The zero-order chi connectivity index (χ0) is 17.7. The Hall–Kier alpha value is -1.65. The van der Waals surface area contributed by atoms with Crippen LogP contribution in [0, 0.1) is 6.92 Å². The first kappa shape index (κ1) is 18.7. The van der Waals surface area contributed by atoms with Crippen LogP contribution in [-0.2, 0) is 10.0 Å². The fourth-order valence-corrected chi connectivity index (χ4v) is 3.39. The van der Waals surface area contributed by atoms with Crippen molar-refractivity contribution in [3.05, 3.63) is 28.7 Å². The van der Waals surface area contributed by atoms with Crippen molar-refractivity contribution < 1.29 is 17.7 Å². The van der Waals surface area contributed by atoms with Crippen LogP contribution in [0.25, 0.3) is 0 Å². The number of nitrogens with zero attached hydrogens (tertiary/aromatic N) is 3. The van der Waals surface area contributed by atoms with E-state index in [1.807, 2.05) is 19.0 Å². The Morgan fingerprint density at radius 3 is 2.75 bits per heavy atom. The minimum absolute atomic E-state index is 0.0268. The molecule has 0 aliphatic carbocycles. The lowest BCUT2D eigenvalue weighted by Crippen LogP contribution is -2.17. The molecule has 2 heterocycles. The van der Waals surface area contributed by atoms with Crippen LogP contribution in [0.15, 0.2) is 32.4 Å². The molecule has 0 amide bonds. The summed E-state index contributed by atoms with van der Waals surface area (Å²) in [7, 11) is 0.103. The Morgan fingerprint density at radius 1 is 1.38 bits per heavy atom. The Morgan fingerprint density at radius 2 is 2.12 bits per heavy atom. The molecule has 0 aliphatic heterocycles. The SMILES string of the molecule is Cc1oncc1S(=O)(=O)Nc1cc(Br)cnc1OCCCN(C)C. The maximum Gasteiger partial charge on any atom is 0.267 e. The van der Waals surface area contributed by atoms with Gasteiger partial charge in [-0.2, -0.15) is 0 Å². The number of hydrogen-bond donors (Lipinski definition) is 1. The summed E-state index contributed by atoms with van der Waals surface area (Å²) in [4.78, 5) is 6.15. The minimum Gasteiger partial charge on any atom is -0.476 e. The highest BCUT2D eigenvalue weighted by Gasteiger charge is 2.22. The van der Waals surface area contributed by atoms with Crippen molar-refractivity contribution >= 4 is 31.6 Å². The topological polar surface area (TPSA) is 97.6 Å². The lowest BCUT2D eigenvalue weighted by atomic mass is 10.4. The van der Waals surface area contributed by atoms with E-state index in [-0.39, 0.29) is 22.2 Å². The van der Waals surface area contributed by atoms with Gasteiger partial charge in [-0.3, -0.25) is 4.72 Å². The van der Waals surface area contributed by atoms with Gasteiger partial charge in [0.2, 0.25) is 5.88 Å². The summed E-state index contributed by atoms with van der Waals surface area (Å²) in [6, 6.07) is 1.59. The van der Waals surface area contributed by atoms with Gasteiger partial charge in [0.05, 0.1) is 12.8 Å². The predicted molar refractivity (Wildman–Crippen MR) is 92.7 cm³/mol. The lowest BCUT2D eigenvalue weighted by molar-refractivity contribution is 0.274. The van der Waals surface area contributed by atoms with E-state index in [4.69, 9.17) is 9.26 Å². The third-order valence-electron chi connectivity index (χ3n) is 3.05. The summed E-state index contributed by atoms with van der Waals surface area (Å²) < 4.78 is 38.4. The number of hydrogen-bond acceptors (Lipinski definition) is 7. The van der Waals surface area contributed by atoms with E-state index in [1.54, 1.807) is 12.3 Å². The van der Waals surface area contributed by atoms with Crippen LogP contribution in [0.3, 0.4) is 0 Å². The second-order valence-electron chi connectivity index (χ2n) is 5.36. The van der Waals surface area contributed by atoms with E-state index < -0.39 is 10.0 Å². The zero-order valence-electron chi connectivity index (χ0n) is 13.6. The summed E-state index contributed by atoms with van der Waals surface area (Å²) >= 11 is 3.28. The van der Waals surface area contributed by atoms with Crippen molar-refractivity contribution in [3.8, 4) is 5.88 Å². The molecule has 0 aliphatic rings. The van der Waals surface area contributed by atoms with Crippen LogP contribution >= 0.6 is 15.9 Å². The van der Waals surface area contributed by atoms with Gasteiger partial charge in [0, 0.05) is 17.2 Å². The van der Waals surface area contributed by atoms with Crippen LogP contribution in [0.4, 0.5) is 5.69 Å². The molecule has 0 saturated heterocycles. The van der Waals surface area contributed by atoms with Crippen LogP contribution in [-0.4, -0.2) is 50.7 Å². The third kappa shape index (κ3) is 4.92. The molecule has 8 nitrogen and oxygen atoms in total. The number of aromatic nitrogens is 2. The number of sulfonamides is 1. The number of aryl methyl sites for hydroxylation is 1. The van der Waals surface area contributed by atoms with Gasteiger partial charge in [-0.05, 0) is 49.4 Å². The number of ether oxygens (including phenoxy) is 1. The first-order valence-electron chi connectivity index (χ1n) is 7.17. The van der Waals surface area contributed by atoms with Gasteiger partial charge < -0.3 is 14.2 Å². The highest BCUT2D eigenvalue weighted by Crippen LogP contribution is 2.28. The molecule has 0 fully saturated rings. The Balaban J connectivity index is 2.17. The van der Waals surface area contributed by atoms with Crippen LogP contribution in [0.1, 0.15) is 12.2 Å². The third-order valence-corrected chi connectivity index (χ3v) is 4.94. The second kappa shape index (κ2) is 7.95. The van der Waals surface area contributed by atoms with Crippen molar-refractivity contribution in [2.45, 2.75) is 18.2 Å². The average Bonchev–Trinajstić information content (AvgIpc) is 2.92. The average molecular weight is 419 g/mol. The van der Waals surface area contributed by atoms with E-state index in [0.717, 1.165) is 19.2 Å². The highest BCUT2D eigenvalue weighted by molar-refractivity contribution is 9.10. The molecule has 132 valence electrons. The molecule has 2 aromatic rings. The monoisotopic (exact) mass is 418 g/mol. The molecule has 0 saturated carbocycles. The predicted octanol–water partition coefficient (Wildman–Crippen LogP) is 2.27. The van der Waals surface area contributed by atoms with Crippen molar-refractivity contribution in [1.29, 1.82) is 0 Å². The standard InChI is InChI=1S/C14H19BrN4O4S/c1-10-13(9-17-23-10)24(20,21)18-12-7-11(15)8-16-14(12)22-6-4-5-19(2)3/h7-9,18H,4-6H2,1-3H3. The molecule has 0 radical (unpaired) electrons. The first-order valence-corrected chi connectivity index (χ1v) is 9.44. The number of nitrogens with one attached hydrogen (secondary N) is 1. The van der Waals surface area contributed by atoms with E-state index >= 15 is 0 Å². The van der Waals surface area contributed by atoms with Crippen molar-refractivity contribution in [2.24, 2.45) is 0 Å². The molecule has 0 bridgehead atoms. The van der Waals surface area contributed by atoms with Crippen LogP contribution in [0.2, 0.25) is 0 Å². The van der Waals surface area contributed by atoms with Crippen molar-refractivity contribution in [3.63, 3.8) is 0 Å². The molecule has 2 aromatic heterocycles. The summed E-state index contributed by atoms with van der Waals surface area (Å²) in [6.45, 7) is 2.81. The molecule has 10 heteroatoms. The number of anilines is 1. The Bertz CT molecular complexity index is 792. The molecule has 0 atom stereocenters. The fourth-order valence-electron chi connectivity index (χ4n) is 1.91. The van der Waals surface area contributed by atoms with E-state index in [0.29, 0.717) is 11.1 Å². The maximum absolute atomic E-state index is 12.4. The zero-order valence-corrected chi connectivity index (χ0v) is 16.0. The second-order valence-corrected chi connectivity index (χ2v) is 7.93. The molecule has 24 heavy (non-hydrogen) atoms. The molecule has 0 aromatic carbocycles. The van der Waals surface area contributed by atoms with E-state index in [9.17, 15) is 8.42 Å². The van der Waals surface area contributed by atoms with Gasteiger partial charge in [0.25, 0.3) is 10.0 Å². The van der Waals surface area contributed by atoms with Gasteiger partial charge in [0.15, 0.2) is 5.76 Å². The number of rotatable bonds is 8. The molecule has 2 rings (SSSR count). The van der Waals surface area contributed by atoms with Crippen molar-refractivity contribution in [1.82, 2.24) is 15.0 Å². The minimum atomic E-state index is -3.84. The Kier molecular flexibility index (Phi) is 6.19. The van der Waals surface area contributed by atoms with E-state index in [2.05, 4.69) is 30.8 Å². The molecule has 1 N–H and O–H groups in total. The normalized spacial score (nSPS) is 11.7. The highest BCUT2D eigenvalue weighted by atomic mass is 79.9. The summed E-state index contributed by atoms with van der Waals surface area (Å²) in [6.07, 6.45) is 3.49. The summed E-state index contributed by atoms with van der Waals surface area (Å²) in [5, 5.41) is 3.49. The van der Waals surface area contributed by atoms with Crippen LogP contribution < -0.4 is 9.46 Å². The smallest absolute Gasteiger partial charge is 0.267 e. The van der Waals surface area contributed by atoms with Gasteiger partial charge >= 0.3 is 0 Å². The van der Waals surface area contributed by atoms with Crippen LogP contribution in [0.5, 0.6) is 5.88 Å². The fraction of sp³-hybridized carbons (Fsp3) is 0.429. The largest absolute Gasteiger partial charge is 0.476 e. The summed E-state index contributed by atoms with van der Waals surface area (Å²) in [5.74, 6) is 0.425. The van der Waals surface area contributed by atoms with E-state index in [1.165, 1.54) is 6.92 Å². The molecular weight excluding hydrogens is 400 g/mol. The first-order chi connectivity index (χ1) is 11.3. The number of pyridine rings is 1. The maximum atomic E-state index is 12.4. The van der Waals surface area contributed by atoms with Gasteiger partial charge in [-0.1, -0.05) is 5.16 Å². The van der Waals surface area contributed by atoms with Gasteiger partial charge in [-0.25, -0.2) is 13.4 Å². The van der Waals surface area contributed by atoms with Crippen molar-refractivity contribution in [2.75, 3.05) is 32.0 Å².